The van der Waals surface area contributed by atoms with Crippen molar-refractivity contribution in [1.29, 1.82) is 0 Å². The number of hydrogen-bond donors (Lipinski definition) is 3. The smallest absolute Gasteiger partial charge is 0.259 e. The maximum atomic E-state index is 13.0. The van der Waals surface area contributed by atoms with Gasteiger partial charge in [0.2, 0.25) is 0 Å². The lowest BCUT2D eigenvalue weighted by Gasteiger charge is -2.40. The highest BCUT2D eigenvalue weighted by Gasteiger charge is 2.44. The predicted octanol–water partition coefficient (Wildman–Crippen LogP) is 3.61. The van der Waals surface area contributed by atoms with Gasteiger partial charge in [0.1, 0.15) is 17.1 Å². The van der Waals surface area contributed by atoms with Crippen LogP contribution in [0.3, 0.4) is 0 Å². The van der Waals surface area contributed by atoms with Gasteiger partial charge in [-0.2, -0.15) is 0 Å². The van der Waals surface area contributed by atoms with Gasteiger partial charge in [0.25, 0.3) is 5.91 Å². The number of phenols is 1. The number of aromatic hydroxyl groups is 1. The summed E-state index contributed by atoms with van der Waals surface area (Å²) >= 11 is 0. The summed E-state index contributed by atoms with van der Waals surface area (Å²) in [5.41, 5.74) is 2.11. The number of carbonyl (C=O) groups is 2. The molecule has 3 aliphatic rings. The summed E-state index contributed by atoms with van der Waals surface area (Å²) in [6.45, 7) is 4.15. The second-order valence-electron chi connectivity index (χ2n) is 8.61. The number of amides is 1. The van der Waals surface area contributed by atoms with Crippen LogP contribution in [0.1, 0.15) is 32.3 Å². The minimum atomic E-state index is -0.692. The normalized spacial score (nSPS) is 33.2. The number of hydrogen-bond acceptors (Lipinski definition) is 4. The third-order valence-corrected chi connectivity index (χ3v) is 6.58. The zero-order valence-corrected chi connectivity index (χ0v) is 16.8. The van der Waals surface area contributed by atoms with Crippen molar-refractivity contribution in [2.24, 2.45) is 23.7 Å². The molecule has 1 aliphatic heterocycles. The van der Waals surface area contributed by atoms with Crippen molar-refractivity contribution in [2.75, 3.05) is 0 Å². The van der Waals surface area contributed by atoms with E-state index in [0.717, 1.165) is 18.4 Å². The van der Waals surface area contributed by atoms with Crippen molar-refractivity contribution in [1.82, 2.24) is 5.32 Å². The second-order valence-corrected chi connectivity index (χ2v) is 8.61. The second kappa shape index (κ2) is 7.54. The maximum absolute atomic E-state index is 13.0. The largest absolute Gasteiger partial charge is 0.511 e. The molecule has 29 heavy (non-hydrogen) atoms. The van der Waals surface area contributed by atoms with Crippen molar-refractivity contribution in [3.63, 3.8) is 0 Å². The fourth-order valence-electron chi connectivity index (χ4n) is 5.02. The molecule has 5 atom stereocenters. The van der Waals surface area contributed by atoms with Crippen LogP contribution in [-0.2, 0) is 16.0 Å². The standard InChI is InChI=1S/C24H27NO4/c1-13-3-10-18-16(11-13)7-4-14(2)20(18)23(28)21-22(27)19(25-24(21)29)12-15-5-8-17(26)9-6-15/h3-9,14,16,18-20,26,28H,10-12H2,1-2H3,(H,25,29). The Morgan fingerprint density at radius 2 is 1.90 bits per heavy atom. The van der Waals surface area contributed by atoms with Crippen LogP contribution in [0.15, 0.2) is 59.4 Å². The lowest BCUT2D eigenvalue weighted by Crippen LogP contribution is -2.34. The summed E-state index contributed by atoms with van der Waals surface area (Å²) in [6, 6.07) is 5.87. The van der Waals surface area contributed by atoms with Gasteiger partial charge in [-0.3, -0.25) is 9.59 Å². The van der Waals surface area contributed by atoms with Crippen molar-refractivity contribution in [3.05, 3.63) is 65.0 Å². The molecule has 1 aromatic carbocycles. The van der Waals surface area contributed by atoms with E-state index in [1.807, 2.05) is 6.92 Å². The van der Waals surface area contributed by atoms with Crippen LogP contribution in [0.5, 0.6) is 5.75 Å². The van der Waals surface area contributed by atoms with E-state index in [1.165, 1.54) is 5.57 Å². The summed E-state index contributed by atoms with van der Waals surface area (Å²) in [6.07, 6.45) is 8.67. The minimum Gasteiger partial charge on any atom is -0.511 e. The molecular formula is C24H27NO4. The average molecular weight is 393 g/mol. The Balaban J connectivity index is 1.61. The quantitative estimate of drug-likeness (QED) is 0.317. The average Bonchev–Trinajstić information content (AvgIpc) is 2.96. The van der Waals surface area contributed by atoms with E-state index < -0.39 is 11.9 Å². The number of fused-ring (bicyclic) bond motifs is 1. The molecule has 5 unspecified atom stereocenters. The first-order chi connectivity index (χ1) is 13.8. The van der Waals surface area contributed by atoms with Crippen LogP contribution < -0.4 is 5.32 Å². The Morgan fingerprint density at radius 3 is 2.62 bits per heavy atom. The van der Waals surface area contributed by atoms with Gasteiger partial charge in [0, 0.05) is 12.3 Å². The summed E-state index contributed by atoms with van der Waals surface area (Å²) in [4.78, 5) is 25.6. The Hall–Kier alpha value is -2.82. The number of benzene rings is 1. The molecule has 1 saturated heterocycles. The van der Waals surface area contributed by atoms with Crippen LogP contribution in [0.4, 0.5) is 0 Å². The third-order valence-electron chi connectivity index (χ3n) is 6.58. The Labute approximate surface area is 170 Å². The minimum absolute atomic E-state index is 0.0551. The summed E-state index contributed by atoms with van der Waals surface area (Å²) in [5, 5.41) is 23.3. The zero-order valence-electron chi connectivity index (χ0n) is 16.8. The third kappa shape index (κ3) is 3.61. The molecule has 4 rings (SSSR count). The van der Waals surface area contributed by atoms with Gasteiger partial charge in [-0.25, -0.2) is 0 Å². The highest BCUT2D eigenvalue weighted by atomic mass is 16.3. The topological polar surface area (TPSA) is 86.6 Å². The molecule has 3 N–H and O–H groups in total. The molecule has 0 spiro atoms. The fraction of sp³-hybridized carbons (Fsp3) is 0.417. The molecule has 152 valence electrons. The number of aliphatic hydroxyl groups is 1. The molecule has 2 aliphatic carbocycles. The number of ketones is 1. The van der Waals surface area contributed by atoms with E-state index in [1.54, 1.807) is 24.3 Å². The van der Waals surface area contributed by atoms with Crippen LogP contribution in [0.25, 0.3) is 0 Å². The van der Waals surface area contributed by atoms with Gasteiger partial charge >= 0.3 is 0 Å². The Kier molecular flexibility index (Phi) is 5.07. The lowest BCUT2D eigenvalue weighted by molar-refractivity contribution is -0.117. The van der Waals surface area contributed by atoms with Gasteiger partial charge in [-0.15, -0.1) is 0 Å². The SMILES string of the molecule is CC1=CCC2C(C=CC(C)C2C(O)=C2C(=O)NC(Cc3ccc(O)cc3)C2=O)C1. The first kappa shape index (κ1) is 19.5. The van der Waals surface area contributed by atoms with Gasteiger partial charge in [-0.1, -0.05) is 42.9 Å². The molecule has 1 amide bonds. The number of Topliss-reactive ketones (excluding diaryl/α,β-unsaturated/α-hetero) is 1. The molecule has 0 radical (unpaired) electrons. The van der Waals surface area contributed by atoms with E-state index >= 15 is 0 Å². The number of phenolic OH excluding ortho intramolecular Hbond substituents is 1. The van der Waals surface area contributed by atoms with Crippen molar-refractivity contribution in [3.8, 4) is 5.75 Å². The van der Waals surface area contributed by atoms with Gasteiger partial charge in [0.05, 0.1) is 6.04 Å². The number of aliphatic hydroxyl groups excluding tert-OH is 1. The fourth-order valence-corrected chi connectivity index (χ4v) is 5.02. The van der Waals surface area contributed by atoms with E-state index in [9.17, 15) is 19.8 Å². The molecule has 5 nitrogen and oxygen atoms in total. The summed E-state index contributed by atoms with van der Waals surface area (Å²) in [7, 11) is 0. The van der Waals surface area contributed by atoms with Crippen LogP contribution in [-0.4, -0.2) is 27.9 Å². The van der Waals surface area contributed by atoms with E-state index in [0.29, 0.717) is 12.3 Å². The van der Waals surface area contributed by atoms with E-state index in [2.05, 4.69) is 30.5 Å². The molecule has 1 fully saturated rings. The highest BCUT2D eigenvalue weighted by Crippen LogP contribution is 2.45. The van der Waals surface area contributed by atoms with Crippen molar-refractivity contribution < 1.29 is 19.8 Å². The van der Waals surface area contributed by atoms with Crippen molar-refractivity contribution in [2.45, 2.75) is 39.2 Å². The Morgan fingerprint density at radius 1 is 1.17 bits per heavy atom. The maximum Gasteiger partial charge on any atom is 0.259 e. The van der Waals surface area contributed by atoms with Crippen LogP contribution >= 0.6 is 0 Å². The van der Waals surface area contributed by atoms with Crippen molar-refractivity contribution >= 4 is 11.7 Å². The molecule has 1 heterocycles. The summed E-state index contributed by atoms with van der Waals surface area (Å²) in [5.74, 6) is -0.378. The van der Waals surface area contributed by atoms with Gasteiger partial charge < -0.3 is 15.5 Å². The molecule has 0 saturated carbocycles. The predicted molar refractivity (Wildman–Crippen MR) is 110 cm³/mol. The van der Waals surface area contributed by atoms with E-state index in [-0.39, 0.29) is 40.6 Å². The highest BCUT2D eigenvalue weighted by molar-refractivity contribution is 6.27. The van der Waals surface area contributed by atoms with Gasteiger partial charge in [0.15, 0.2) is 5.78 Å². The number of carbonyl (C=O) groups excluding carboxylic acids is 2. The first-order valence-electron chi connectivity index (χ1n) is 10.2. The zero-order chi connectivity index (χ0) is 20.7. The lowest BCUT2D eigenvalue weighted by atomic mass is 9.64. The van der Waals surface area contributed by atoms with Crippen LogP contribution in [0.2, 0.25) is 0 Å². The molecular weight excluding hydrogens is 366 g/mol. The molecule has 0 aromatic heterocycles. The first-order valence-corrected chi connectivity index (χ1v) is 10.2. The number of nitrogens with one attached hydrogen (secondary N) is 1. The Bertz CT molecular complexity index is 925. The number of allylic oxidation sites excluding steroid dienone is 5. The molecule has 5 heteroatoms. The summed E-state index contributed by atoms with van der Waals surface area (Å²) < 4.78 is 0. The number of rotatable bonds is 3. The molecule has 1 aromatic rings. The van der Waals surface area contributed by atoms with Gasteiger partial charge in [-0.05, 0) is 55.2 Å². The van der Waals surface area contributed by atoms with Crippen LogP contribution in [0, 0.1) is 23.7 Å². The van der Waals surface area contributed by atoms with E-state index in [4.69, 9.17) is 0 Å². The monoisotopic (exact) mass is 393 g/mol. The molecule has 0 bridgehead atoms.